The fourth-order valence-electron chi connectivity index (χ4n) is 1.91. The molecule has 2 N–H and O–H groups in total. The number of carbonyl (C=O) groups excluding carboxylic acids is 2. The zero-order valence-corrected chi connectivity index (χ0v) is 13.6. The molecule has 0 atom stereocenters. The Morgan fingerprint density at radius 2 is 1.96 bits per heavy atom. The van der Waals surface area contributed by atoms with Crippen LogP contribution in [0, 0.1) is 11.3 Å². The average molecular weight is 344 g/mol. The van der Waals surface area contributed by atoms with E-state index in [0.717, 1.165) is 0 Å². The van der Waals surface area contributed by atoms with Crippen LogP contribution in [0.4, 0.5) is 11.4 Å². The molecule has 2 aromatic carbocycles. The summed E-state index contributed by atoms with van der Waals surface area (Å²) in [7, 11) is 0. The number of nitrogens with one attached hydrogen (secondary N) is 2. The Balaban J connectivity index is 2.00. The van der Waals surface area contributed by atoms with Crippen LogP contribution >= 0.6 is 11.6 Å². The first-order valence-electron chi connectivity index (χ1n) is 6.98. The number of hydrogen-bond acceptors (Lipinski definition) is 4. The molecule has 0 aromatic heterocycles. The molecule has 0 aliphatic carbocycles. The van der Waals surface area contributed by atoms with Crippen molar-refractivity contribution in [2.45, 2.75) is 6.92 Å². The molecule has 0 saturated heterocycles. The van der Waals surface area contributed by atoms with Crippen molar-refractivity contribution < 1.29 is 14.3 Å². The van der Waals surface area contributed by atoms with E-state index in [1.807, 2.05) is 6.07 Å². The summed E-state index contributed by atoms with van der Waals surface area (Å²) >= 11 is 5.97. The van der Waals surface area contributed by atoms with E-state index in [0.29, 0.717) is 27.7 Å². The van der Waals surface area contributed by atoms with Crippen molar-refractivity contribution >= 4 is 34.8 Å². The molecule has 2 amide bonds. The lowest BCUT2D eigenvalue weighted by atomic mass is 10.2. The van der Waals surface area contributed by atoms with Crippen LogP contribution in [0.3, 0.4) is 0 Å². The average Bonchev–Trinajstić information content (AvgIpc) is 2.56. The van der Waals surface area contributed by atoms with Crippen molar-refractivity contribution in [1.29, 1.82) is 5.26 Å². The number of benzene rings is 2. The molecule has 6 nitrogen and oxygen atoms in total. The molecule has 122 valence electrons. The fraction of sp³-hybridized carbons (Fsp3) is 0.118. The molecule has 2 rings (SSSR count). The number of nitriles is 1. The highest BCUT2D eigenvalue weighted by Crippen LogP contribution is 2.25. The minimum atomic E-state index is -0.404. The lowest BCUT2D eigenvalue weighted by molar-refractivity contribution is -0.118. The van der Waals surface area contributed by atoms with Gasteiger partial charge in [0, 0.05) is 12.6 Å². The molecule has 0 unspecified atom stereocenters. The minimum absolute atomic E-state index is 0.253. The number of amides is 2. The molecule has 0 fully saturated rings. The molecule has 0 heterocycles. The highest BCUT2D eigenvalue weighted by atomic mass is 35.5. The summed E-state index contributed by atoms with van der Waals surface area (Å²) in [5.41, 5.74) is 1.22. The van der Waals surface area contributed by atoms with Gasteiger partial charge in [-0.2, -0.15) is 5.26 Å². The predicted octanol–water partition coefficient (Wildman–Crippen LogP) is 3.19. The summed E-state index contributed by atoms with van der Waals surface area (Å²) in [6.07, 6.45) is 0. The van der Waals surface area contributed by atoms with Gasteiger partial charge >= 0.3 is 0 Å². The van der Waals surface area contributed by atoms with Crippen molar-refractivity contribution in [2.75, 3.05) is 17.2 Å². The molecule has 2 aromatic rings. The van der Waals surface area contributed by atoms with Crippen LogP contribution in [0.5, 0.6) is 5.75 Å². The normalized spacial score (nSPS) is 9.71. The Kier molecular flexibility index (Phi) is 5.77. The van der Waals surface area contributed by atoms with Gasteiger partial charge in [-0.15, -0.1) is 0 Å². The lowest BCUT2D eigenvalue weighted by Gasteiger charge is -2.11. The number of para-hydroxylation sites is 1. The molecule has 0 bridgehead atoms. The Morgan fingerprint density at radius 1 is 1.21 bits per heavy atom. The largest absolute Gasteiger partial charge is 0.482 e. The van der Waals surface area contributed by atoms with Gasteiger partial charge in [-0.05, 0) is 30.3 Å². The van der Waals surface area contributed by atoms with E-state index in [2.05, 4.69) is 10.6 Å². The summed E-state index contributed by atoms with van der Waals surface area (Å²) in [6, 6.07) is 13.3. The van der Waals surface area contributed by atoms with E-state index in [-0.39, 0.29) is 12.5 Å². The monoisotopic (exact) mass is 343 g/mol. The van der Waals surface area contributed by atoms with Gasteiger partial charge in [-0.25, -0.2) is 0 Å². The van der Waals surface area contributed by atoms with Crippen molar-refractivity contribution in [2.24, 2.45) is 0 Å². The van der Waals surface area contributed by atoms with Crippen LogP contribution in [0.2, 0.25) is 5.02 Å². The summed E-state index contributed by atoms with van der Waals surface area (Å²) in [5, 5.41) is 14.5. The predicted molar refractivity (Wildman–Crippen MR) is 91.0 cm³/mol. The third-order valence-electron chi connectivity index (χ3n) is 2.93. The Morgan fingerprint density at radius 3 is 2.67 bits per heavy atom. The third-order valence-corrected chi connectivity index (χ3v) is 3.26. The number of nitrogens with zero attached hydrogens (tertiary/aromatic N) is 1. The Bertz CT molecular complexity index is 815. The number of carbonyl (C=O) groups is 2. The fourth-order valence-corrected chi connectivity index (χ4v) is 2.08. The van der Waals surface area contributed by atoms with E-state index >= 15 is 0 Å². The maximum atomic E-state index is 12.0. The first-order chi connectivity index (χ1) is 11.5. The Labute approximate surface area is 144 Å². The third kappa shape index (κ3) is 4.73. The zero-order valence-electron chi connectivity index (χ0n) is 12.8. The smallest absolute Gasteiger partial charge is 0.262 e. The van der Waals surface area contributed by atoms with Gasteiger partial charge in [-0.3, -0.25) is 9.59 Å². The number of anilines is 2. The summed E-state index contributed by atoms with van der Waals surface area (Å²) < 4.78 is 5.35. The minimum Gasteiger partial charge on any atom is -0.482 e. The maximum absolute atomic E-state index is 12.0. The van der Waals surface area contributed by atoms with Crippen LogP contribution in [0.15, 0.2) is 42.5 Å². The molecule has 0 saturated carbocycles. The van der Waals surface area contributed by atoms with E-state index in [1.165, 1.54) is 6.92 Å². The van der Waals surface area contributed by atoms with Crippen LogP contribution in [-0.2, 0) is 9.59 Å². The molecular formula is C17H14ClN3O3. The van der Waals surface area contributed by atoms with Crippen LogP contribution in [-0.4, -0.2) is 18.4 Å². The zero-order chi connectivity index (χ0) is 17.5. The van der Waals surface area contributed by atoms with Crippen molar-refractivity contribution in [3.8, 4) is 11.8 Å². The van der Waals surface area contributed by atoms with Gasteiger partial charge in [0.05, 0.1) is 16.3 Å². The molecule has 0 aliphatic heterocycles. The first kappa shape index (κ1) is 17.3. The highest BCUT2D eigenvalue weighted by molar-refractivity contribution is 6.33. The summed E-state index contributed by atoms with van der Waals surface area (Å²) in [6.45, 7) is 1.11. The summed E-state index contributed by atoms with van der Waals surface area (Å²) in [4.78, 5) is 23.1. The molecule has 0 aliphatic rings. The van der Waals surface area contributed by atoms with Crippen molar-refractivity contribution in [1.82, 2.24) is 0 Å². The second-order valence-corrected chi connectivity index (χ2v) is 5.23. The Hall–Kier alpha value is -3.04. The number of rotatable bonds is 5. The van der Waals surface area contributed by atoms with Gasteiger partial charge in [0.25, 0.3) is 5.91 Å². The highest BCUT2D eigenvalue weighted by Gasteiger charge is 2.09. The lowest BCUT2D eigenvalue weighted by Crippen LogP contribution is -2.20. The molecule has 24 heavy (non-hydrogen) atoms. The van der Waals surface area contributed by atoms with E-state index in [1.54, 1.807) is 42.5 Å². The SMILES string of the molecule is CC(=O)Nc1cc(NC(=O)COc2ccccc2C#N)ccc1Cl. The van der Waals surface area contributed by atoms with Gasteiger partial charge in [0.15, 0.2) is 6.61 Å². The molecular weight excluding hydrogens is 330 g/mol. The number of halogens is 1. The number of ether oxygens (including phenoxy) is 1. The molecule has 7 heteroatoms. The van der Waals surface area contributed by atoms with Gasteiger partial charge < -0.3 is 15.4 Å². The second-order valence-electron chi connectivity index (χ2n) is 4.82. The van der Waals surface area contributed by atoms with Gasteiger partial charge in [0.1, 0.15) is 11.8 Å². The van der Waals surface area contributed by atoms with Crippen LogP contribution in [0.1, 0.15) is 12.5 Å². The van der Waals surface area contributed by atoms with Crippen LogP contribution < -0.4 is 15.4 Å². The topological polar surface area (TPSA) is 91.2 Å². The molecule has 0 radical (unpaired) electrons. The number of hydrogen-bond donors (Lipinski definition) is 2. The van der Waals surface area contributed by atoms with Gasteiger partial charge in [-0.1, -0.05) is 23.7 Å². The van der Waals surface area contributed by atoms with E-state index in [9.17, 15) is 9.59 Å². The summed E-state index contributed by atoms with van der Waals surface area (Å²) in [5.74, 6) is -0.333. The maximum Gasteiger partial charge on any atom is 0.262 e. The van der Waals surface area contributed by atoms with Gasteiger partial charge in [0.2, 0.25) is 5.91 Å². The van der Waals surface area contributed by atoms with E-state index < -0.39 is 5.91 Å². The van der Waals surface area contributed by atoms with E-state index in [4.69, 9.17) is 21.6 Å². The quantitative estimate of drug-likeness (QED) is 0.872. The molecule has 0 spiro atoms. The van der Waals surface area contributed by atoms with Crippen LogP contribution in [0.25, 0.3) is 0 Å². The second kappa shape index (κ2) is 7.99. The van der Waals surface area contributed by atoms with Crippen molar-refractivity contribution in [3.05, 3.63) is 53.1 Å². The standard InChI is InChI=1S/C17H14ClN3O3/c1-11(22)20-15-8-13(6-7-14(15)18)21-17(23)10-24-16-5-3-2-4-12(16)9-19/h2-8H,10H2,1H3,(H,20,22)(H,21,23). The van der Waals surface area contributed by atoms with Crippen molar-refractivity contribution in [3.63, 3.8) is 0 Å². The first-order valence-corrected chi connectivity index (χ1v) is 7.36.